The number of hydrogen-bond donors (Lipinski definition) is 3. The third kappa shape index (κ3) is 5.03. The zero-order valence-electron chi connectivity index (χ0n) is 17.4. The van der Waals surface area contributed by atoms with Crippen molar-refractivity contribution in [3.8, 4) is 32.6 Å². The molecular weight excluding hydrogens is 551 g/mol. The van der Waals surface area contributed by atoms with Crippen molar-refractivity contribution in [1.82, 2.24) is 15.1 Å². The predicted molar refractivity (Wildman–Crippen MR) is 140 cm³/mol. The standard InChI is InChI=1S/C21H14Cl2N6O3S3/c22-13-6-1-10(7-14(13)23)15-8-17(32-29-15)16-9-33-20(27-16)18-19(24)28-21(34-18)26-11-2-4-12(5-3-11)35(25,30)31/h1-9H,24H2,(H,26,28)(H2,25,30,31). The first kappa shape index (κ1) is 23.7. The number of nitrogens with one attached hydrogen (secondary N) is 1. The maximum atomic E-state index is 11.4. The van der Waals surface area contributed by atoms with Crippen LogP contribution in [0.3, 0.4) is 0 Å². The summed E-state index contributed by atoms with van der Waals surface area (Å²) in [5, 5.41) is 16.3. The molecule has 0 aliphatic rings. The Balaban J connectivity index is 1.36. The molecule has 14 heteroatoms. The molecule has 35 heavy (non-hydrogen) atoms. The SMILES string of the molecule is Nc1nc(Nc2ccc(S(N)(=O)=O)cc2)sc1-c1nc(-c2cc(-c3ccc(Cl)c(Cl)c3)no2)cs1. The van der Waals surface area contributed by atoms with Gasteiger partial charge in [0.25, 0.3) is 0 Å². The first-order chi connectivity index (χ1) is 16.7. The molecular formula is C21H14Cl2N6O3S3. The Kier molecular flexibility index (Phi) is 6.25. The normalized spacial score (nSPS) is 11.6. The second kappa shape index (κ2) is 9.22. The second-order valence-electron chi connectivity index (χ2n) is 7.17. The first-order valence-electron chi connectivity index (χ1n) is 9.72. The summed E-state index contributed by atoms with van der Waals surface area (Å²) in [5.74, 6) is 0.804. The second-order valence-corrected chi connectivity index (χ2v) is 11.4. The van der Waals surface area contributed by atoms with Gasteiger partial charge in [0.15, 0.2) is 10.9 Å². The molecule has 5 rings (SSSR count). The molecule has 0 aliphatic heterocycles. The fraction of sp³-hybridized carbons (Fsp3) is 0. The molecule has 0 saturated carbocycles. The van der Waals surface area contributed by atoms with E-state index in [1.54, 1.807) is 36.4 Å². The van der Waals surface area contributed by atoms with Gasteiger partial charge >= 0.3 is 0 Å². The number of primary sulfonamides is 1. The summed E-state index contributed by atoms with van der Waals surface area (Å²) in [6.07, 6.45) is 0. The van der Waals surface area contributed by atoms with Crippen LogP contribution < -0.4 is 16.2 Å². The summed E-state index contributed by atoms with van der Waals surface area (Å²) in [7, 11) is -3.76. The van der Waals surface area contributed by atoms with E-state index in [1.165, 1.54) is 34.8 Å². The number of anilines is 3. The van der Waals surface area contributed by atoms with Crippen molar-refractivity contribution in [2.24, 2.45) is 5.14 Å². The minimum absolute atomic E-state index is 0.0208. The molecule has 5 aromatic rings. The van der Waals surface area contributed by atoms with E-state index in [2.05, 4.69) is 20.4 Å². The van der Waals surface area contributed by atoms with E-state index in [0.717, 1.165) is 5.56 Å². The maximum Gasteiger partial charge on any atom is 0.238 e. The van der Waals surface area contributed by atoms with Crippen molar-refractivity contribution in [2.75, 3.05) is 11.1 Å². The summed E-state index contributed by atoms with van der Waals surface area (Å²) in [6, 6.07) is 13.0. The van der Waals surface area contributed by atoms with Crippen molar-refractivity contribution in [3.05, 3.63) is 64.0 Å². The van der Waals surface area contributed by atoms with E-state index in [-0.39, 0.29) is 4.90 Å². The van der Waals surface area contributed by atoms with E-state index < -0.39 is 10.0 Å². The average Bonchev–Trinajstić information content (AvgIpc) is 3.55. The number of aromatic nitrogens is 3. The Morgan fingerprint density at radius 2 is 1.74 bits per heavy atom. The topological polar surface area (TPSA) is 150 Å². The molecule has 5 N–H and O–H groups in total. The largest absolute Gasteiger partial charge is 0.382 e. The van der Waals surface area contributed by atoms with E-state index in [0.29, 0.717) is 53.7 Å². The van der Waals surface area contributed by atoms with Gasteiger partial charge in [0.1, 0.15) is 27.1 Å². The number of nitrogens with zero attached hydrogens (tertiary/aromatic N) is 3. The molecule has 0 unspecified atom stereocenters. The Morgan fingerprint density at radius 3 is 2.46 bits per heavy atom. The van der Waals surface area contributed by atoms with Crippen molar-refractivity contribution >= 4 is 72.5 Å². The molecule has 0 aliphatic carbocycles. The quantitative estimate of drug-likeness (QED) is 0.231. The predicted octanol–water partition coefficient (Wildman–Crippen LogP) is 5.87. The van der Waals surface area contributed by atoms with Gasteiger partial charge in [0, 0.05) is 22.7 Å². The van der Waals surface area contributed by atoms with Gasteiger partial charge in [-0.1, -0.05) is 45.8 Å². The Morgan fingerprint density at radius 1 is 0.971 bits per heavy atom. The lowest BCUT2D eigenvalue weighted by Crippen LogP contribution is -2.11. The molecule has 0 bridgehead atoms. The highest BCUT2D eigenvalue weighted by Gasteiger charge is 2.18. The molecule has 178 valence electrons. The van der Waals surface area contributed by atoms with Gasteiger partial charge in [-0.25, -0.2) is 23.5 Å². The molecule has 3 heterocycles. The minimum atomic E-state index is -3.76. The monoisotopic (exact) mass is 564 g/mol. The van der Waals surface area contributed by atoms with Crippen molar-refractivity contribution < 1.29 is 12.9 Å². The van der Waals surface area contributed by atoms with E-state index in [4.69, 9.17) is 38.6 Å². The molecule has 0 radical (unpaired) electrons. The Labute approximate surface area is 217 Å². The fourth-order valence-electron chi connectivity index (χ4n) is 3.07. The van der Waals surface area contributed by atoms with Crippen LogP contribution in [0.5, 0.6) is 0 Å². The summed E-state index contributed by atoms with van der Waals surface area (Å²) >= 11 is 14.8. The van der Waals surface area contributed by atoms with Gasteiger partial charge < -0.3 is 15.6 Å². The smallest absolute Gasteiger partial charge is 0.238 e. The minimum Gasteiger partial charge on any atom is -0.382 e. The summed E-state index contributed by atoms with van der Waals surface area (Å²) in [5.41, 5.74) is 8.74. The average molecular weight is 565 g/mol. The number of thiazole rings is 2. The Hall–Kier alpha value is -3.00. The zero-order valence-corrected chi connectivity index (χ0v) is 21.4. The van der Waals surface area contributed by atoms with Crippen LogP contribution in [0.2, 0.25) is 10.0 Å². The molecule has 0 amide bonds. The van der Waals surface area contributed by atoms with Gasteiger partial charge in [0.05, 0.1) is 14.9 Å². The molecule has 3 aromatic heterocycles. The fourth-order valence-corrected chi connectivity index (χ4v) is 5.70. The van der Waals surface area contributed by atoms with Crippen LogP contribution in [0.4, 0.5) is 16.6 Å². The van der Waals surface area contributed by atoms with Crippen LogP contribution in [-0.2, 0) is 10.0 Å². The van der Waals surface area contributed by atoms with Crippen LogP contribution >= 0.6 is 45.9 Å². The lowest BCUT2D eigenvalue weighted by Gasteiger charge is -2.03. The lowest BCUT2D eigenvalue weighted by molar-refractivity contribution is 0.434. The highest BCUT2D eigenvalue weighted by Crippen LogP contribution is 2.39. The van der Waals surface area contributed by atoms with Gasteiger partial charge in [-0.2, -0.15) is 0 Å². The molecule has 0 spiro atoms. The molecule has 0 saturated heterocycles. The number of benzene rings is 2. The van der Waals surface area contributed by atoms with Crippen molar-refractivity contribution in [1.29, 1.82) is 0 Å². The third-order valence-corrected chi connectivity index (χ3v) is 8.41. The number of halogens is 2. The molecule has 0 atom stereocenters. The maximum absolute atomic E-state index is 11.4. The van der Waals surface area contributed by atoms with E-state index in [1.807, 2.05) is 5.38 Å². The number of rotatable bonds is 6. The van der Waals surface area contributed by atoms with Crippen LogP contribution in [0.15, 0.2) is 63.3 Å². The zero-order chi connectivity index (χ0) is 24.7. The van der Waals surface area contributed by atoms with E-state index >= 15 is 0 Å². The third-order valence-electron chi connectivity index (χ3n) is 4.76. The highest BCUT2D eigenvalue weighted by molar-refractivity contribution is 7.89. The first-order valence-corrected chi connectivity index (χ1v) is 13.7. The summed E-state index contributed by atoms with van der Waals surface area (Å²) in [6.45, 7) is 0. The van der Waals surface area contributed by atoms with Gasteiger partial charge in [-0.05, 0) is 36.4 Å². The van der Waals surface area contributed by atoms with Crippen LogP contribution in [0.25, 0.3) is 32.6 Å². The van der Waals surface area contributed by atoms with E-state index in [9.17, 15) is 8.42 Å². The van der Waals surface area contributed by atoms with Gasteiger partial charge in [0.2, 0.25) is 10.0 Å². The molecule has 2 aromatic carbocycles. The van der Waals surface area contributed by atoms with Crippen molar-refractivity contribution in [2.45, 2.75) is 4.90 Å². The van der Waals surface area contributed by atoms with Crippen molar-refractivity contribution in [3.63, 3.8) is 0 Å². The molecule has 0 fully saturated rings. The summed E-state index contributed by atoms with van der Waals surface area (Å²) < 4.78 is 28.3. The molecule has 9 nitrogen and oxygen atoms in total. The summed E-state index contributed by atoms with van der Waals surface area (Å²) in [4.78, 5) is 9.68. The number of nitrogen functional groups attached to an aromatic ring is 1. The van der Waals surface area contributed by atoms with Crippen LogP contribution in [0, 0.1) is 0 Å². The van der Waals surface area contributed by atoms with Crippen LogP contribution in [0.1, 0.15) is 0 Å². The number of sulfonamides is 1. The van der Waals surface area contributed by atoms with Crippen LogP contribution in [-0.4, -0.2) is 23.5 Å². The number of nitrogens with two attached hydrogens (primary N) is 2. The Bertz CT molecular complexity index is 1640. The number of hydrogen-bond acceptors (Lipinski definition) is 10. The van der Waals surface area contributed by atoms with Gasteiger partial charge in [-0.15, -0.1) is 11.3 Å². The lowest BCUT2D eigenvalue weighted by atomic mass is 10.1. The van der Waals surface area contributed by atoms with Gasteiger partial charge in [-0.3, -0.25) is 0 Å². The highest BCUT2D eigenvalue weighted by atomic mass is 35.5.